The van der Waals surface area contributed by atoms with Crippen LogP contribution in [0.25, 0.3) is 5.57 Å². The van der Waals surface area contributed by atoms with Crippen molar-refractivity contribution in [3.05, 3.63) is 303 Å². The van der Waals surface area contributed by atoms with E-state index in [2.05, 4.69) is 30.3 Å². The van der Waals surface area contributed by atoms with Crippen LogP contribution < -0.4 is 0 Å². The zero-order valence-corrected chi connectivity index (χ0v) is 78.9. The normalized spacial score (nSPS) is 24.5. The van der Waals surface area contributed by atoms with Crippen molar-refractivity contribution in [1.29, 1.82) is 5.26 Å². The van der Waals surface area contributed by atoms with Gasteiger partial charge in [-0.25, -0.2) is 0 Å². The summed E-state index contributed by atoms with van der Waals surface area (Å²) < 4.78 is 220. The molecule has 4 aliphatic heterocycles. The highest BCUT2D eigenvalue weighted by atomic mass is 19.4. The molecule has 4 spiro atoms. The highest BCUT2D eigenvalue weighted by Gasteiger charge is 2.54. The number of alkyl halides is 12. The van der Waals surface area contributed by atoms with Gasteiger partial charge in [0.1, 0.15) is 12.1 Å². The maximum atomic E-state index is 13.2. The van der Waals surface area contributed by atoms with Crippen LogP contribution in [0.1, 0.15) is 241 Å². The van der Waals surface area contributed by atoms with Crippen molar-refractivity contribution in [2.24, 2.45) is 0 Å². The van der Waals surface area contributed by atoms with E-state index in [1.807, 2.05) is 165 Å². The lowest BCUT2D eigenvalue weighted by Crippen LogP contribution is -2.47. The first-order valence-corrected chi connectivity index (χ1v) is 48.3. The van der Waals surface area contributed by atoms with Crippen molar-refractivity contribution in [3.8, 4) is 6.07 Å². The SMILES string of the molecule is CCOC1=CC(=O)CCC1.FC(F)(F)c1cc(COCC2(c3ccccc3)CCCC3(C2)OCCO3)cc(C(F)(F)F)c1.N#CC1(c2ccccc2)CCCC2(C1)OCCO2.O=C1C=C(c2ccccc2)CCC1.O=C1CCCC(COCc2cc(C(F)(F)F)cc(C(F)(F)F)c2)(c2ccccc2)C1.O=CC1(c2ccccc2)CCCC2(C1)OCCO2.OCC1(c2ccccc2)CCCC2(C1)OCCO2. The molecule has 29 heteroatoms. The Hall–Kier alpha value is -10.1. The molecule has 0 aromatic heterocycles. The van der Waals surface area contributed by atoms with Crippen LogP contribution in [0, 0.1) is 11.3 Å². The van der Waals surface area contributed by atoms with E-state index in [9.17, 15) is 82.2 Å². The third kappa shape index (κ3) is 28.3. The van der Waals surface area contributed by atoms with Crippen LogP contribution in [0.15, 0.2) is 236 Å². The lowest BCUT2D eigenvalue weighted by Gasteiger charge is -2.45. The van der Waals surface area contributed by atoms with Crippen LogP contribution in [0.2, 0.25) is 0 Å². The van der Waals surface area contributed by atoms with E-state index in [-0.39, 0.29) is 78.9 Å². The van der Waals surface area contributed by atoms with Gasteiger partial charge in [0.25, 0.3) is 0 Å². The number of ketones is 3. The molecule has 8 aromatic rings. The number of hydrogen-bond acceptors (Lipinski definition) is 17. The van der Waals surface area contributed by atoms with Gasteiger partial charge in [0.05, 0.1) is 137 Å². The van der Waals surface area contributed by atoms with Crippen LogP contribution in [0.4, 0.5) is 52.7 Å². The molecule has 140 heavy (non-hydrogen) atoms. The lowest BCUT2D eigenvalue weighted by molar-refractivity contribution is -0.196. The van der Waals surface area contributed by atoms with Gasteiger partial charge >= 0.3 is 24.7 Å². The molecule has 5 saturated carbocycles. The lowest BCUT2D eigenvalue weighted by atomic mass is 9.67. The molecule has 9 fully saturated rings. The molecule has 17 nitrogen and oxygen atoms in total. The monoisotopic (exact) mass is 1950 g/mol. The molecule has 4 heterocycles. The molecule has 8 aromatic carbocycles. The highest BCUT2D eigenvalue weighted by Crippen LogP contribution is 2.53. The van der Waals surface area contributed by atoms with E-state index in [1.165, 1.54) is 16.7 Å². The van der Waals surface area contributed by atoms with Crippen molar-refractivity contribution in [3.63, 3.8) is 0 Å². The van der Waals surface area contributed by atoms with E-state index >= 15 is 0 Å². The molecule has 0 amide bonds. The number of carbonyl (C=O) groups is 4. The summed E-state index contributed by atoms with van der Waals surface area (Å²) in [5.41, 5.74) is -0.509. The molecule has 1 N–H and O–H groups in total. The molecule has 7 aliphatic carbocycles. The van der Waals surface area contributed by atoms with Gasteiger partial charge in [-0.2, -0.15) is 57.9 Å². The van der Waals surface area contributed by atoms with Crippen molar-refractivity contribution in [2.75, 3.05) is 79.3 Å². The molecule has 4 saturated heterocycles. The van der Waals surface area contributed by atoms with Gasteiger partial charge in [0.2, 0.25) is 0 Å². The number of ether oxygens (including phenoxy) is 11. The summed E-state index contributed by atoms with van der Waals surface area (Å²) in [6, 6.07) is 64.6. The number of carbonyl (C=O) groups excluding carboxylic acids is 4. The average molecular weight is 1960 g/mol. The summed E-state index contributed by atoms with van der Waals surface area (Å²) in [7, 11) is 0. The van der Waals surface area contributed by atoms with Crippen LogP contribution in [-0.2, 0) is 136 Å². The number of allylic oxidation sites excluding steroid dienone is 4. The summed E-state index contributed by atoms with van der Waals surface area (Å²) in [4.78, 5) is 45.8. The summed E-state index contributed by atoms with van der Waals surface area (Å²) >= 11 is 0. The Balaban J connectivity index is 0.000000142. The predicted molar refractivity (Wildman–Crippen MR) is 499 cm³/mol. The Bertz CT molecular complexity index is 5360. The standard InChI is InChI=1S/C24H24F6O3.C22H20F6O2.C15H17NO2.C15H20O3.C15H18O3.C12H12O.C8H12O2/c25-23(26,27)19-11-17(12-20(13-19)24(28,29)30)14-31-16-21(18-5-2-1-3-6-18)7-4-8-22(15-21)32-9-10-33-22;23-21(24,25)17-9-15(10-18(11-17)22(26,27)28)13-30-14-20(8-4-7-19(29)12-20)16-5-2-1-3-6-16;3*16-12-14(13-5-2-1-3-6-13)7-4-8-15(11-14)17-9-10-18-15;13-12-8-4-7-11(9-12)10-5-2-1-3-6-10;1-2-10-8-5-3-4-7(9)6-8/h1-3,5-6,11-13H,4,7-10,14-16H2;1-3,5-6,9-11H,4,7-8,12-14H2;1-3,5-6H,4,7-11H2;1-3,5-6,16H,4,7-12H2;1-3,5-6,12H,4,7-11H2;1-3,5-6,9H,4,7-8H2;6H,2-5H2,1H3. The Morgan fingerprint density at radius 2 is 0.736 bits per heavy atom. The van der Waals surface area contributed by atoms with Crippen LogP contribution in [0.3, 0.4) is 0 Å². The van der Waals surface area contributed by atoms with E-state index in [1.54, 1.807) is 12.2 Å². The van der Waals surface area contributed by atoms with Gasteiger partial charge < -0.3 is 62.0 Å². The maximum absolute atomic E-state index is 13.2. The van der Waals surface area contributed by atoms with Crippen molar-refractivity contribution in [1.82, 2.24) is 0 Å². The first kappa shape index (κ1) is 107. The van der Waals surface area contributed by atoms with Gasteiger partial charge in [0.15, 0.2) is 34.7 Å². The number of aldehydes is 1. The minimum Gasteiger partial charge on any atom is -0.498 e. The molecule has 5 atom stereocenters. The molecule has 752 valence electrons. The van der Waals surface area contributed by atoms with Gasteiger partial charge in [0, 0.05) is 106 Å². The third-order valence-corrected chi connectivity index (χ3v) is 28.1. The van der Waals surface area contributed by atoms with Crippen LogP contribution in [-0.4, -0.2) is 131 Å². The number of halogens is 12. The second-order valence-electron chi connectivity index (χ2n) is 38.0. The summed E-state index contributed by atoms with van der Waals surface area (Å²) in [6.07, 6.45) is 5.54. The van der Waals surface area contributed by atoms with E-state index in [0.29, 0.717) is 129 Å². The quantitative estimate of drug-likeness (QED) is 0.0624. The highest BCUT2D eigenvalue weighted by molar-refractivity contribution is 5.98. The molecule has 11 aliphatic rings. The smallest absolute Gasteiger partial charge is 0.416 e. The van der Waals surface area contributed by atoms with Crippen molar-refractivity contribution < 1.29 is 129 Å². The number of benzene rings is 8. The minimum atomic E-state index is -4.91. The maximum Gasteiger partial charge on any atom is 0.416 e. The van der Waals surface area contributed by atoms with Gasteiger partial charge in [-0.05, 0) is 183 Å². The fourth-order valence-corrected chi connectivity index (χ4v) is 21.3. The first-order valence-electron chi connectivity index (χ1n) is 48.3. The third-order valence-electron chi connectivity index (χ3n) is 28.1. The molecule has 19 rings (SSSR count). The van der Waals surface area contributed by atoms with Crippen molar-refractivity contribution in [2.45, 2.75) is 262 Å². The number of Topliss-reactive ketones (excluding diaryl/α,β-unsaturated/α-hetero) is 1. The second kappa shape index (κ2) is 47.9. The van der Waals surface area contributed by atoms with Gasteiger partial charge in [-0.1, -0.05) is 182 Å². The number of rotatable bonds is 18. The molecule has 0 radical (unpaired) electrons. The fraction of sp³-hybridized carbons (Fsp3) is 0.486. The van der Waals surface area contributed by atoms with Gasteiger partial charge in [-0.15, -0.1) is 0 Å². The molecule has 0 bridgehead atoms. The second-order valence-corrected chi connectivity index (χ2v) is 38.0. The van der Waals surface area contributed by atoms with Crippen LogP contribution in [0.5, 0.6) is 0 Å². The van der Waals surface area contributed by atoms with Crippen molar-refractivity contribution >= 4 is 29.2 Å². The van der Waals surface area contributed by atoms with Crippen LogP contribution >= 0.6 is 0 Å². The Kier molecular flexibility index (Phi) is 36.7. The van der Waals surface area contributed by atoms with E-state index < -0.39 is 98.4 Å². The topological polar surface area (TPSA) is 214 Å². The van der Waals surface area contributed by atoms with E-state index in [4.69, 9.17) is 52.1 Å². The first-order chi connectivity index (χ1) is 67.1. The van der Waals surface area contributed by atoms with Gasteiger partial charge in [-0.3, -0.25) is 14.4 Å². The summed E-state index contributed by atoms with van der Waals surface area (Å²) in [6.45, 7) is 7.00. The number of aliphatic hydroxyl groups is 1. The summed E-state index contributed by atoms with van der Waals surface area (Å²) in [5.74, 6) is -0.821. The number of aliphatic hydroxyl groups excluding tert-OH is 1. The molecular formula is C111H123F12NO16. The summed E-state index contributed by atoms with van der Waals surface area (Å²) in [5, 5.41) is 19.6. The average Bonchev–Trinajstić information content (AvgIpc) is 1.38. The predicted octanol–water partition coefficient (Wildman–Crippen LogP) is 24.7. The number of hydrogen-bond donors (Lipinski definition) is 1. The Morgan fingerprint density at radius 3 is 1.14 bits per heavy atom. The molecule has 5 unspecified atom stereocenters. The number of nitriles is 1. The molecular weight excluding hydrogens is 1830 g/mol. The Morgan fingerprint density at radius 1 is 0.379 bits per heavy atom. The number of nitrogens with zero attached hydrogens (tertiary/aromatic N) is 1. The largest absolute Gasteiger partial charge is 0.498 e. The minimum absolute atomic E-state index is 0.0281. The fourth-order valence-electron chi connectivity index (χ4n) is 21.3. The zero-order chi connectivity index (χ0) is 99.7. The van der Waals surface area contributed by atoms with E-state index in [0.717, 1.165) is 150 Å². The Labute approximate surface area is 809 Å². The zero-order valence-electron chi connectivity index (χ0n) is 78.9.